The molecule has 0 bridgehead atoms. The molecule has 0 N–H and O–H groups in total. The fraction of sp³-hybridized carbons (Fsp3) is 1.00. The molecule has 0 amide bonds. The summed E-state index contributed by atoms with van der Waals surface area (Å²) in [6.07, 6.45) is 7.38. The molecule has 3 unspecified atom stereocenters. The molecule has 0 saturated heterocycles. The SMILES string of the molecule is CCC(C)O[Si](OC(C)CC)(OC(C)CC)C1CCC1. The zero-order chi connectivity index (χ0) is 15.2. The maximum atomic E-state index is 6.43. The van der Waals surface area contributed by atoms with Crippen LogP contribution < -0.4 is 0 Å². The zero-order valence-corrected chi connectivity index (χ0v) is 15.3. The van der Waals surface area contributed by atoms with Crippen LogP contribution in [0.25, 0.3) is 0 Å². The summed E-state index contributed by atoms with van der Waals surface area (Å²) in [5.41, 5.74) is 0.513. The van der Waals surface area contributed by atoms with Crippen LogP contribution in [0.2, 0.25) is 5.54 Å². The van der Waals surface area contributed by atoms with E-state index in [0.717, 1.165) is 19.3 Å². The predicted molar refractivity (Wildman–Crippen MR) is 85.9 cm³/mol. The lowest BCUT2D eigenvalue weighted by atomic mass is 10.00. The molecule has 120 valence electrons. The van der Waals surface area contributed by atoms with E-state index in [1.54, 1.807) is 0 Å². The zero-order valence-electron chi connectivity index (χ0n) is 14.3. The van der Waals surface area contributed by atoms with Gasteiger partial charge in [-0.05, 0) is 52.9 Å². The van der Waals surface area contributed by atoms with Gasteiger partial charge in [-0.3, -0.25) is 0 Å². The van der Waals surface area contributed by atoms with Gasteiger partial charge < -0.3 is 13.3 Å². The first-order chi connectivity index (χ1) is 9.47. The topological polar surface area (TPSA) is 27.7 Å². The molecule has 1 aliphatic rings. The molecule has 0 radical (unpaired) electrons. The van der Waals surface area contributed by atoms with E-state index in [0.29, 0.717) is 5.54 Å². The molecular weight excluding hydrogens is 268 g/mol. The van der Waals surface area contributed by atoms with Crippen LogP contribution in [0.5, 0.6) is 0 Å². The van der Waals surface area contributed by atoms with Crippen molar-refractivity contribution in [1.82, 2.24) is 0 Å². The molecule has 0 aliphatic heterocycles. The van der Waals surface area contributed by atoms with Gasteiger partial charge in [-0.15, -0.1) is 0 Å². The summed E-state index contributed by atoms with van der Waals surface area (Å²) in [6, 6.07) is 0. The van der Waals surface area contributed by atoms with Crippen LogP contribution in [0, 0.1) is 0 Å². The standard InChI is InChI=1S/C16H34O3Si/c1-7-13(4)17-20(16-11-10-12-16,18-14(5)8-2)19-15(6)9-3/h13-16H,7-12H2,1-6H3. The van der Waals surface area contributed by atoms with Crippen molar-refractivity contribution in [2.75, 3.05) is 0 Å². The van der Waals surface area contributed by atoms with Gasteiger partial charge in [0.1, 0.15) is 0 Å². The lowest BCUT2D eigenvalue weighted by Gasteiger charge is -2.44. The van der Waals surface area contributed by atoms with Crippen molar-refractivity contribution in [3.8, 4) is 0 Å². The second kappa shape index (κ2) is 8.52. The molecule has 1 rings (SSSR count). The summed E-state index contributed by atoms with van der Waals surface area (Å²) in [5, 5.41) is 0. The predicted octanol–water partition coefficient (Wildman–Crippen LogP) is 4.92. The van der Waals surface area contributed by atoms with E-state index in [2.05, 4.69) is 41.5 Å². The molecular formula is C16H34O3Si. The first-order valence-corrected chi connectivity index (χ1v) is 10.3. The Kier molecular flexibility index (Phi) is 7.73. The number of rotatable bonds is 10. The summed E-state index contributed by atoms with van der Waals surface area (Å²) in [7, 11) is -2.56. The molecule has 0 heterocycles. The Morgan fingerprint density at radius 2 is 1.15 bits per heavy atom. The Morgan fingerprint density at radius 3 is 1.35 bits per heavy atom. The van der Waals surface area contributed by atoms with Gasteiger partial charge in [0.05, 0.1) is 0 Å². The normalized spacial score (nSPS) is 23.7. The third-order valence-electron chi connectivity index (χ3n) is 4.43. The van der Waals surface area contributed by atoms with Crippen LogP contribution in [0.15, 0.2) is 0 Å². The molecule has 3 atom stereocenters. The van der Waals surface area contributed by atoms with E-state index in [4.69, 9.17) is 13.3 Å². The third-order valence-corrected chi connectivity index (χ3v) is 8.20. The van der Waals surface area contributed by atoms with Gasteiger partial charge in [0, 0.05) is 23.9 Å². The van der Waals surface area contributed by atoms with Crippen LogP contribution in [0.4, 0.5) is 0 Å². The van der Waals surface area contributed by atoms with E-state index >= 15 is 0 Å². The summed E-state index contributed by atoms with van der Waals surface area (Å²) in [4.78, 5) is 0. The van der Waals surface area contributed by atoms with Gasteiger partial charge in [-0.2, -0.15) is 0 Å². The van der Waals surface area contributed by atoms with Crippen molar-refractivity contribution in [1.29, 1.82) is 0 Å². The van der Waals surface area contributed by atoms with Crippen molar-refractivity contribution >= 4 is 8.80 Å². The van der Waals surface area contributed by atoms with Crippen LogP contribution >= 0.6 is 0 Å². The minimum absolute atomic E-state index is 0.218. The summed E-state index contributed by atoms with van der Waals surface area (Å²) >= 11 is 0. The highest BCUT2D eigenvalue weighted by Gasteiger charge is 2.54. The summed E-state index contributed by atoms with van der Waals surface area (Å²) in [5.74, 6) is 0. The highest BCUT2D eigenvalue weighted by Crippen LogP contribution is 2.44. The van der Waals surface area contributed by atoms with Crippen molar-refractivity contribution in [2.24, 2.45) is 0 Å². The molecule has 0 aromatic heterocycles. The van der Waals surface area contributed by atoms with Crippen molar-refractivity contribution < 1.29 is 13.3 Å². The van der Waals surface area contributed by atoms with E-state index in [-0.39, 0.29) is 18.3 Å². The monoisotopic (exact) mass is 302 g/mol. The first kappa shape index (κ1) is 18.1. The summed E-state index contributed by atoms with van der Waals surface area (Å²) < 4.78 is 19.3. The fourth-order valence-electron chi connectivity index (χ4n) is 2.23. The smallest absolute Gasteiger partial charge is 0.370 e. The van der Waals surface area contributed by atoms with Gasteiger partial charge in [-0.25, -0.2) is 0 Å². The lowest BCUT2D eigenvalue weighted by molar-refractivity contribution is -0.0247. The van der Waals surface area contributed by atoms with E-state index < -0.39 is 8.80 Å². The largest absolute Gasteiger partial charge is 0.504 e. The van der Waals surface area contributed by atoms with Crippen molar-refractivity contribution in [3.63, 3.8) is 0 Å². The van der Waals surface area contributed by atoms with Crippen molar-refractivity contribution in [3.05, 3.63) is 0 Å². The molecule has 0 aromatic carbocycles. The first-order valence-electron chi connectivity index (χ1n) is 8.50. The quantitative estimate of drug-likeness (QED) is 0.536. The average molecular weight is 303 g/mol. The van der Waals surface area contributed by atoms with Crippen LogP contribution in [-0.4, -0.2) is 27.1 Å². The van der Waals surface area contributed by atoms with E-state index in [1.165, 1.54) is 19.3 Å². The highest BCUT2D eigenvalue weighted by molar-refractivity contribution is 6.62. The number of hydrogen-bond acceptors (Lipinski definition) is 3. The van der Waals surface area contributed by atoms with Gasteiger partial charge in [0.2, 0.25) is 0 Å². The van der Waals surface area contributed by atoms with Gasteiger partial charge in [0.25, 0.3) is 0 Å². The second-order valence-corrected chi connectivity index (χ2v) is 8.97. The fourth-order valence-corrected chi connectivity index (χ4v) is 6.27. The maximum absolute atomic E-state index is 6.43. The lowest BCUT2D eigenvalue weighted by Crippen LogP contribution is -2.56. The molecule has 20 heavy (non-hydrogen) atoms. The van der Waals surface area contributed by atoms with E-state index in [1.807, 2.05) is 0 Å². The van der Waals surface area contributed by atoms with Gasteiger partial charge >= 0.3 is 8.80 Å². The molecule has 1 aliphatic carbocycles. The maximum Gasteiger partial charge on any atom is 0.504 e. The molecule has 3 nitrogen and oxygen atoms in total. The van der Waals surface area contributed by atoms with E-state index in [9.17, 15) is 0 Å². The molecule has 4 heteroatoms. The number of hydrogen-bond donors (Lipinski definition) is 0. The Hall–Kier alpha value is 0.0969. The highest BCUT2D eigenvalue weighted by atomic mass is 28.4. The van der Waals surface area contributed by atoms with Crippen molar-refractivity contribution in [2.45, 2.75) is 104 Å². The van der Waals surface area contributed by atoms with Crippen LogP contribution in [0.1, 0.15) is 80.1 Å². The third kappa shape index (κ3) is 4.83. The Labute approximate surface area is 126 Å². The Balaban J connectivity index is 2.89. The van der Waals surface area contributed by atoms with Crippen LogP contribution in [-0.2, 0) is 13.3 Å². The van der Waals surface area contributed by atoms with Gasteiger partial charge in [0.15, 0.2) is 0 Å². The molecule has 0 aromatic rings. The molecule has 0 spiro atoms. The minimum atomic E-state index is -2.56. The molecule has 1 saturated carbocycles. The van der Waals surface area contributed by atoms with Gasteiger partial charge in [-0.1, -0.05) is 27.2 Å². The minimum Gasteiger partial charge on any atom is -0.370 e. The molecule has 1 fully saturated rings. The Bertz CT molecular complexity index is 237. The average Bonchev–Trinajstić information content (AvgIpc) is 2.35. The Morgan fingerprint density at radius 1 is 0.800 bits per heavy atom. The second-order valence-electron chi connectivity index (χ2n) is 6.24. The van der Waals surface area contributed by atoms with Crippen LogP contribution in [0.3, 0.4) is 0 Å². The summed E-state index contributed by atoms with van der Waals surface area (Å²) in [6.45, 7) is 12.9.